The number of hydrogen-bond acceptors (Lipinski definition) is 6. The van der Waals surface area contributed by atoms with Gasteiger partial charge in [-0.1, -0.05) is 60.7 Å². The highest BCUT2D eigenvalue weighted by Gasteiger charge is 2.07. The van der Waals surface area contributed by atoms with Gasteiger partial charge < -0.3 is 0 Å². The molecule has 6 nitrogen and oxygen atoms in total. The third-order valence-corrected chi connectivity index (χ3v) is 2.85. The van der Waals surface area contributed by atoms with Crippen molar-refractivity contribution in [2.24, 2.45) is 0 Å². The summed E-state index contributed by atoms with van der Waals surface area (Å²) in [6.07, 6.45) is 3.23. The van der Waals surface area contributed by atoms with Crippen molar-refractivity contribution in [2.45, 2.75) is 0 Å². The summed E-state index contributed by atoms with van der Waals surface area (Å²) in [6, 6.07) is 22.4. The van der Waals surface area contributed by atoms with Crippen LogP contribution in [0.2, 0.25) is 0 Å². The van der Waals surface area contributed by atoms with Gasteiger partial charge in [-0.15, -0.1) is 5.10 Å². The maximum atomic E-state index is 8.35. The zero-order valence-electron chi connectivity index (χ0n) is 12.6. The second-order valence-corrected chi connectivity index (χ2v) is 4.23. The fourth-order valence-corrected chi connectivity index (χ4v) is 1.99. The van der Waals surface area contributed by atoms with E-state index in [0.717, 1.165) is 34.5 Å². The number of hydrogen-bond donors (Lipinski definition) is 2. The Hall–Kier alpha value is -3.72. The van der Waals surface area contributed by atoms with Crippen LogP contribution in [0.25, 0.3) is 22.4 Å². The molecule has 1 heterocycles. The van der Waals surface area contributed by atoms with E-state index in [1.165, 1.54) is 0 Å². The first-order valence-electron chi connectivity index (χ1n) is 6.78. The van der Waals surface area contributed by atoms with Crippen LogP contribution in [0.1, 0.15) is 0 Å². The molecule has 118 valence electrons. The summed E-state index contributed by atoms with van der Waals surface area (Å²) in [5.74, 6) is 0. The smallest absolute Gasteiger partial charge is 0.222 e. The highest BCUT2D eigenvalue weighted by molar-refractivity contribution is 5.79. The summed E-state index contributed by atoms with van der Waals surface area (Å²) in [4.78, 5) is 16.7. The molecule has 0 spiro atoms. The number of aromatic nitrogens is 2. The third kappa shape index (κ3) is 5.58. The molecule has 0 aliphatic heterocycles. The fourth-order valence-electron chi connectivity index (χ4n) is 1.99. The predicted octanol–water partition coefficient (Wildman–Crippen LogP) is 3.61. The summed E-state index contributed by atoms with van der Waals surface area (Å²) >= 11 is 0. The molecule has 0 bridgehead atoms. The van der Waals surface area contributed by atoms with Gasteiger partial charge in [0.1, 0.15) is 5.69 Å². The monoisotopic (exact) mass is 318 g/mol. The largest absolute Gasteiger partial charge is 0.231 e. The maximum absolute atomic E-state index is 8.35. The SMILES string of the molecule is N=C=O.N=C=O.c1ccc(-c2ccnnc2-c2ccccc2)cc1. The van der Waals surface area contributed by atoms with Gasteiger partial charge in [0.15, 0.2) is 0 Å². The van der Waals surface area contributed by atoms with E-state index in [4.69, 9.17) is 20.4 Å². The standard InChI is InChI=1S/C16H12N2.2CHNO/c1-3-7-13(8-4-1)15-11-12-17-18-16(15)14-9-5-2-6-10-14;2*2-1-3/h1-12H;2*2H. The lowest BCUT2D eigenvalue weighted by Crippen LogP contribution is -1.91. The molecule has 0 amide bonds. The molecule has 2 N–H and O–H groups in total. The second-order valence-electron chi connectivity index (χ2n) is 4.23. The van der Waals surface area contributed by atoms with E-state index in [0.29, 0.717) is 0 Å². The van der Waals surface area contributed by atoms with Gasteiger partial charge in [0.2, 0.25) is 12.2 Å². The number of rotatable bonds is 2. The Kier molecular flexibility index (Phi) is 8.35. The molecule has 0 radical (unpaired) electrons. The van der Waals surface area contributed by atoms with Crippen LogP contribution in [0.4, 0.5) is 0 Å². The van der Waals surface area contributed by atoms with Crippen molar-refractivity contribution in [3.05, 3.63) is 72.9 Å². The number of nitrogens with zero attached hydrogens (tertiary/aromatic N) is 2. The van der Waals surface area contributed by atoms with Crippen molar-refractivity contribution in [1.82, 2.24) is 10.2 Å². The van der Waals surface area contributed by atoms with E-state index in [2.05, 4.69) is 34.5 Å². The highest BCUT2D eigenvalue weighted by atomic mass is 16.1. The van der Waals surface area contributed by atoms with E-state index in [1.54, 1.807) is 6.20 Å². The molecule has 1 aromatic heterocycles. The van der Waals surface area contributed by atoms with Gasteiger partial charge in [0.05, 0.1) is 6.20 Å². The van der Waals surface area contributed by atoms with Gasteiger partial charge in [-0.25, -0.2) is 20.4 Å². The predicted molar refractivity (Wildman–Crippen MR) is 89.7 cm³/mol. The van der Waals surface area contributed by atoms with Gasteiger partial charge in [-0.2, -0.15) is 5.10 Å². The van der Waals surface area contributed by atoms with Crippen molar-refractivity contribution >= 4 is 12.2 Å². The first-order chi connectivity index (χ1) is 11.8. The number of isocyanates is 2. The molecule has 24 heavy (non-hydrogen) atoms. The summed E-state index contributed by atoms with van der Waals surface area (Å²) in [5, 5.41) is 19.1. The summed E-state index contributed by atoms with van der Waals surface area (Å²) < 4.78 is 0. The van der Waals surface area contributed by atoms with Crippen LogP contribution in [0.15, 0.2) is 72.9 Å². The van der Waals surface area contributed by atoms with Crippen molar-refractivity contribution in [1.29, 1.82) is 10.8 Å². The lowest BCUT2D eigenvalue weighted by molar-refractivity contribution is 0.562. The highest BCUT2D eigenvalue weighted by Crippen LogP contribution is 2.28. The summed E-state index contributed by atoms with van der Waals surface area (Å²) in [5.41, 5.74) is 4.27. The first kappa shape index (κ1) is 18.3. The average molecular weight is 318 g/mol. The minimum atomic E-state index is 0.750. The first-order valence-corrected chi connectivity index (χ1v) is 6.78. The Bertz CT molecular complexity index is 738. The van der Waals surface area contributed by atoms with Crippen LogP contribution in [0.3, 0.4) is 0 Å². The molecule has 3 rings (SSSR count). The minimum Gasteiger partial charge on any atom is -0.222 e. The Balaban J connectivity index is 0.000000423. The molecule has 0 unspecified atom stereocenters. The summed E-state index contributed by atoms with van der Waals surface area (Å²) in [6.45, 7) is 0. The minimum absolute atomic E-state index is 0.750. The molecular formula is C18H14N4O2. The van der Waals surface area contributed by atoms with Gasteiger partial charge >= 0.3 is 0 Å². The average Bonchev–Trinajstić information content (AvgIpc) is 2.65. The summed E-state index contributed by atoms with van der Waals surface area (Å²) in [7, 11) is 0. The van der Waals surface area contributed by atoms with Gasteiger partial charge in [-0.05, 0) is 11.6 Å². The lowest BCUT2D eigenvalue weighted by Gasteiger charge is -2.07. The fraction of sp³-hybridized carbons (Fsp3) is 0. The lowest BCUT2D eigenvalue weighted by atomic mass is 10.0. The van der Waals surface area contributed by atoms with Gasteiger partial charge in [-0.3, -0.25) is 0 Å². The molecule has 3 aromatic rings. The van der Waals surface area contributed by atoms with E-state index in [9.17, 15) is 0 Å². The van der Waals surface area contributed by atoms with Crippen LogP contribution < -0.4 is 0 Å². The van der Waals surface area contributed by atoms with E-state index in [1.807, 2.05) is 42.5 Å². The quantitative estimate of drug-likeness (QED) is 0.555. The zero-order chi connectivity index (χ0) is 17.6. The van der Waals surface area contributed by atoms with Crippen LogP contribution in [-0.2, 0) is 9.59 Å². The number of nitrogens with one attached hydrogen (secondary N) is 2. The second kappa shape index (κ2) is 10.9. The molecule has 0 saturated carbocycles. The Morgan fingerprint density at radius 2 is 1.17 bits per heavy atom. The van der Waals surface area contributed by atoms with Crippen LogP contribution in [0, 0.1) is 10.8 Å². The van der Waals surface area contributed by atoms with Crippen LogP contribution >= 0.6 is 0 Å². The van der Waals surface area contributed by atoms with Crippen molar-refractivity contribution < 1.29 is 9.59 Å². The van der Waals surface area contributed by atoms with E-state index >= 15 is 0 Å². The molecule has 2 aromatic carbocycles. The Labute approximate surface area is 138 Å². The normalized spacial score (nSPS) is 8.33. The molecule has 6 heteroatoms. The van der Waals surface area contributed by atoms with Gasteiger partial charge in [0.25, 0.3) is 0 Å². The Morgan fingerprint density at radius 3 is 1.67 bits per heavy atom. The van der Waals surface area contributed by atoms with Crippen molar-refractivity contribution in [3.8, 4) is 22.4 Å². The topological polar surface area (TPSA) is 108 Å². The molecule has 0 fully saturated rings. The third-order valence-electron chi connectivity index (χ3n) is 2.85. The Morgan fingerprint density at radius 1 is 0.708 bits per heavy atom. The number of carbonyl (C=O) groups excluding carboxylic acids is 2. The van der Waals surface area contributed by atoms with Crippen molar-refractivity contribution in [2.75, 3.05) is 0 Å². The molecule has 0 saturated heterocycles. The van der Waals surface area contributed by atoms with Crippen molar-refractivity contribution in [3.63, 3.8) is 0 Å². The van der Waals surface area contributed by atoms with Gasteiger partial charge in [0, 0.05) is 11.1 Å². The molecule has 0 aliphatic carbocycles. The maximum Gasteiger partial charge on any atom is 0.231 e. The van der Waals surface area contributed by atoms with E-state index in [-0.39, 0.29) is 0 Å². The number of benzene rings is 2. The molecule has 0 aliphatic rings. The zero-order valence-corrected chi connectivity index (χ0v) is 12.6. The van der Waals surface area contributed by atoms with Crippen LogP contribution in [0.5, 0.6) is 0 Å². The molecular weight excluding hydrogens is 304 g/mol. The van der Waals surface area contributed by atoms with Crippen LogP contribution in [-0.4, -0.2) is 22.4 Å². The van der Waals surface area contributed by atoms with E-state index < -0.39 is 0 Å². The molecule has 0 atom stereocenters.